The van der Waals surface area contributed by atoms with Crippen LogP contribution in [0, 0.1) is 5.92 Å². The summed E-state index contributed by atoms with van der Waals surface area (Å²) in [6.07, 6.45) is 4.43. The minimum Gasteiger partial charge on any atom is -0.369 e. The van der Waals surface area contributed by atoms with Crippen LogP contribution in [0.3, 0.4) is 0 Å². The fraction of sp³-hybridized carbons (Fsp3) is 0.478. The summed E-state index contributed by atoms with van der Waals surface area (Å²) in [5, 5.41) is 3.46. The second-order valence-corrected chi connectivity index (χ2v) is 8.28. The zero-order valence-corrected chi connectivity index (χ0v) is 16.9. The van der Waals surface area contributed by atoms with E-state index in [0.717, 1.165) is 56.5 Å². The average molecular weight is 379 g/mol. The van der Waals surface area contributed by atoms with E-state index >= 15 is 0 Å². The number of benzene rings is 1. The molecule has 1 aliphatic heterocycles. The Hall–Kier alpha value is -2.40. The Morgan fingerprint density at radius 3 is 2.64 bits per heavy atom. The molecule has 1 amide bonds. The number of hydrogen-bond acceptors (Lipinski definition) is 4. The molecule has 0 unspecified atom stereocenters. The smallest absolute Gasteiger partial charge is 0.257 e. The van der Waals surface area contributed by atoms with Crippen molar-refractivity contribution in [1.82, 2.24) is 14.8 Å². The van der Waals surface area contributed by atoms with Crippen molar-refractivity contribution in [2.24, 2.45) is 5.92 Å². The Bertz CT molecular complexity index is 830. The molecule has 0 bridgehead atoms. The Kier molecular flexibility index (Phi) is 5.62. The molecule has 1 N–H and O–H groups in total. The zero-order valence-electron chi connectivity index (χ0n) is 16.9. The van der Waals surface area contributed by atoms with E-state index < -0.39 is 0 Å². The number of amides is 1. The van der Waals surface area contributed by atoms with Crippen LogP contribution >= 0.6 is 0 Å². The van der Waals surface area contributed by atoms with Crippen molar-refractivity contribution in [3.8, 4) is 0 Å². The fourth-order valence-electron chi connectivity index (χ4n) is 3.78. The van der Waals surface area contributed by atoms with Crippen LogP contribution in [0.1, 0.15) is 40.0 Å². The van der Waals surface area contributed by atoms with Crippen molar-refractivity contribution >= 4 is 11.7 Å². The predicted octanol–water partition coefficient (Wildman–Crippen LogP) is 3.21. The van der Waals surface area contributed by atoms with E-state index in [-0.39, 0.29) is 5.91 Å². The number of carbonyl (C=O) groups excluding carboxylic acids is 1. The minimum absolute atomic E-state index is 0.0268. The molecule has 0 radical (unpaired) electrons. The van der Waals surface area contributed by atoms with Gasteiger partial charge in [-0.05, 0) is 42.4 Å². The van der Waals surface area contributed by atoms with E-state index in [1.54, 1.807) is 19.0 Å². The fourth-order valence-corrected chi connectivity index (χ4v) is 3.78. The monoisotopic (exact) mass is 378 g/mol. The van der Waals surface area contributed by atoms with E-state index in [0.29, 0.717) is 5.56 Å². The van der Waals surface area contributed by atoms with Crippen LogP contribution in [0.5, 0.6) is 0 Å². The second kappa shape index (κ2) is 8.31. The molecule has 1 aromatic heterocycles. The van der Waals surface area contributed by atoms with Crippen LogP contribution < -0.4 is 5.32 Å². The molecular formula is C23H30N4O. The first-order chi connectivity index (χ1) is 13.6. The van der Waals surface area contributed by atoms with Gasteiger partial charge in [-0.15, -0.1) is 0 Å². The summed E-state index contributed by atoms with van der Waals surface area (Å²) in [4.78, 5) is 21.8. The maximum absolute atomic E-state index is 12.7. The summed E-state index contributed by atoms with van der Waals surface area (Å²) >= 11 is 0. The number of anilines is 1. The van der Waals surface area contributed by atoms with E-state index in [9.17, 15) is 4.79 Å². The third-order valence-electron chi connectivity index (χ3n) is 5.69. The SMILES string of the molecule is CN(C)C(=O)c1cc2c(nc1NCC1CC1)CCN(Cc1ccccc1)CC2. The molecule has 28 heavy (non-hydrogen) atoms. The molecule has 1 aliphatic carbocycles. The summed E-state index contributed by atoms with van der Waals surface area (Å²) in [5.74, 6) is 1.53. The highest BCUT2D eigenvalue weighted by atomic mass is 16.2. The molecule has 0 atom stereocenters. The van der Waals surface area contributed by atoms with E-state index in [1.807, 2.05) is 0 Å². The normalized spacial score (nSPS) is 16.9. The quantitative estimate of drug-likeness (QED) is 0.839. The molecule has 148 valence electrons. The van der Waals surface area contributed by atoms with Gasteiger partial charge in [-0.1, -0.05) is 30.3 Å². The lowest BCUT2D eigenvalue weighted by molar-refractivity contribution is 0.0828. The Morgan fingerprint density at radius 1 is 1.18 bits per heavy atom. The number of pyridine rings is 1. The first kappa shape index (κ1) is 18.9. The van der Waals surface area contributed by atoms with E-state index in [2.05, 4.69) is 46.6 Å². The molecule has 2 heterocycles. The summed E-state index contributed by atoms with van der Waals surface area (Å²) in [5.41, 5.74) is 4.42. The van der Waals surface area contributed by atoms with Crippen molar-refractivity contribution in [3.63, 3.8) is 0 Å². The van der Waals surface area contributed by atoms with Crippen LogP contribution in [0.15, 0.2) is 36.4 Å². The summed E-state index contributed by atoms with van der Waals surface area (Å²) < 4.78 is 0. The maximum Gasteiger partial charge on any atom is 0.257 e. The van der Waals surface area contributed by atoms with Crippen LogP contribution in [0.25, 0.3) is 0 Å². The molecule has 0 saturated heterocycles. The van der Waals surface area contributed by atoms with Gasteiger partial charge in [0, 0.05) is 52.4 Å². The number of rotatable bonds is 6. The minimum atomic E-state index is 0.0268. The van der Waals surface area contributed by atoms with Gasteiger partial charge in [0.25, 0.3) is 5.91 Å². The molecular weight excluding hydrogens is 348 g/mol. The lowest BCUT2D eigenvalue weighted by Gasteiger charge is -2.19. The van der Waals surface area contributed by atoms with Gasteiger partial charge < -0.3 is 10.2 Å². The summed E-state index contributed by atoms with van der Waals surface area (Å²) in [6, 6.07) is 12.7. The molecule has 2 aliphatic rings. The molecule has 0 spiro atoms. The Labute approximate surface area is 167 Å². The van der Waals surface area contributed by atoms with Gasteiger partial charge in [-0.25, -0.2) is 4.98 Å². The first-order valence-electron chi connectivity index (χ1n) is 10.3. The number of carbonyl (C=O) groups is 1. The molecule has 1 saturated carbocycles. The lowest BCUT2D eigenvalue weighted by atomic mass is 10.0. The largest absolute Gasteiger partial charge is 0.369 e. The first-order valence-corrected chi connectivity index (χ1v) is 10.3. The Morgan fingerprint density at radius 2 is 1.93 bits per heavy atom. The van der Waals surface area contributed by atoms with Crippen molar-refractivity contribution in [2.45, 2.75) is 32.2 Å². The van der Waals surface area contributed by atoms with Crippen molar-refractivity contribution in [2.75, 3.05) is 39.0 Å². The van der Waals surface area contributed by atoms with Crippen LogP contribution in [-0.4, -0.2) is 54.4 Å². The highest BCUT2D eigenvalue weighted by molar-refractivity contribution is 5.98. The zero-order chi connectivity index (χ0) is 19.5. The van der Waals surface area contributed by atoms with E-state index in [4.69, 9.17) is 4.98 Å². The number of nitrogens with zero attached hydrogens (tertiary/aromatic N) is 3. The van der Waals surface area contributed by atoms with Gasteiger partial charge >= 0.3 is 0 Å². The predicted molar refractivity (Wildman–Crippen MR) is 113 cm³/mol. The highest BCUT2D eigenvalue weighted by Gasteiger charge is 2.25. The molecule has 5 nitrogen and oxygen atoms in total. The number of aromatic nitrogens is 1. The topological polar surface area (TPSA) is 48.5 Å². The molecule has 4 rings (SSSR count). The van der Waals surface area contributed by atoms with Crippen molar-refractivity contribution in [3.05, 3.63) is 58.8 Å². The average Bonchev–Trinajstić information content (AvgIpc) is 3.54. The lowest BCUT2D eigenvalue weighted by Crippen LogP contribution is -2.25. The number of fused-ring (bicyclic) bond motifs is 1. The standard InChI is InChI=1S/C23H30N4O/c1-26(2)23(28)20-14-19-10-12-27(16-18-6-4-3-5-7-18)13-11-21(19)25-22(20)24-15-17-8-9-17/h3-7,14,17H,8-13,15-16H2,1-2H3,(H,24,25). The molecule has 1 fully saturated rings. The highest BCUT2D eigenvalue weighted by Crippen LogP contribution is 2.30. The third-order valence-corrected chi connectivity index (χ3v) is 5.69. The van der Waals surface area contributed by atoms with Gasteiger partial charge in [-0.3, -0.25) is 9.69 Å². The van der Waals surface area contributed by atoms with Gasteiger partial charge in [0.05, 0.1) is 5.56 Å². The van der Waals surface area contributed by atoms with Gasteiger partial charge in [0.1, 0.15) is 5.82 Å². The van der Waals surface area contributed by atoms with Crippen molar-refractivity contribution < 1.29 is 4.79 Å². The maximum atomic E-state index is 12.7. The summed E-state index contributed by atoms with van der Waals surface area (Å²) in [7, 11) is 3.61. The van der Waals surface area contributed by atoms with Crippen LogP contribution in [-0.2, 0) is 19.4 Å². The van der Waals surface area contributed by atoms with Crippen LogP contribution in [0.4, 0.5) is 5.82 Å². The van der Waals surface area contributed by atoms with Crippen molar-refractivity contribution in [1.29, 1.82) is 0 Å². The number of nitrogens with one attached hydrogen (secondary N) is 1. The molecule has 1 aromatic carbocycles. The van der Waals surface area contributed by atoms with Crippen LogP contribution in [0.2, 0.25) is 0 Å². The number of hydrogen-bond donors (Lipinski definition) is 1. The second-order valence-electron chi connectivity index (χ2n) is 8.28. The van der Waals surface area contributed by atoms with Gasteiger partial charge in [-0.2, -0.15) is 0 Å². The van der Waals surface area contributed by atoms with Gasteiger partial charge in [0.2, 0.25) is 0 Å². The van der Waals surface area contributed by atoms with Gasteiger partial charge in [0.15, 0.2) is 0 Å². The third kappa shape index (κ3) is 4.53. The molecule has 5 heteroatoms. The summed E-state index contributed by atoms with van der Waals surface area (Å²) in [6.45, 7) is 3.87. The van der Waals surface area contributed by atoms with E-state index in [1.165, 1.54) is 24.0 Å². The molecule has 2 aromatic rings. The Balaban J connectivity index is 1.53.